The van der Waals surface area contributed by atoms with Gasteiger partial charge in [-0.05, 0) is 30.7 Å². The van der Waals surface area contributed by atoms with Crippen molar-refractivity contribution in [1.82, 2.24) is 4.90 Å². The lowest BCUT2D eigenvalue weighted by molar-refractivity contribution is -0.148. The highest BCUT2D eigenvalue weighted by Crippen LogP contribution is 2.42. The van der Waals surface area contributed by atoms with E-state index in [0.29, 0.717) is 12.6 Å². The Morgan fingerprint density at radius 3 is 2.60 bits per heavy atom. The fourth-order valence-electron chi connectivity index (χ4n) is 4.12. The van der Waals surface area contributed by atoms with Gasteiger partial charge in [0.15, 0.2) is 0 Å². The lowest BCUT2D eigenvalue weighted by Gasteiger charge is -2.40. The number of ether oxygens (including phenoxy) is 1. The molecule has 0 amide bonds. The number of aliphatic imine (C=N–C) groups is 1. The van der Waals surface area contributed by atoms with Gasteiger partial charge < -0.3 is 14.7 Å². The molecule has 136 valence electrons. The Bertz CT molecular complexity index is 611. The van der Waals surface area contributed by atoms with E-state index in [1.54, 1.807) is 0 Å². The zero-order chi connectivity index (χ0) is 17.7. The molecule has 1 heterocycles. The number of esters is 1. The van der Waals surface area contributed by atoms with Crippen molar-refractivity contribution < 1.29 is 14.6 Å². The average molecular weight is 344 g/mol. The molecule has 1 aliphatic carbocycles. The fraction of sp³-hybridized carbons (Fsp3) is 0.600. The summed E-state index contributed by atoms with van der Waals surface area (Å²) in [6.07, 6.45) is 6.21. The van der Waals surface area contributed by atoms with Gasteiger partial charge in [0.25, 0.3) is 6.02 Å². The fourth-order valence-corrected chi connectivity index (χ4v) is 4.12. The number of carbonyl (C=O) groups excluding carboxylic acids is 1. The third-order valence-corrected chi connectivity index (χ3v) is 5.61. The van der Waals surface area contributed by atoms with E-state index < -0.39 is 5.41 Å². The number of benzene rings is 1. The Kier molecular flexibility index (Phi) is 5.74. The number of aliphatic hydroxyl groups excluding tert-OH is 1. The maximum atomic E-state index is 13.3. The largest absolute Gasteiger partial charge is 0.395 e. The molecule has 1 aromatic rings. The molecule has 2 aliphatic rings. The van der Waals surface area contributed by atoms with Crippen LogP contribution in [0.2, 0.25) is 0 Å². The standard InChI is InChI=1S/C20H28N2O3/c1-22-14-8-13-21-19(22)25-18(24)20(15-23,16-9-4-2-5-10-16)17-11-6-3-7-12-17/h2,4-5,9-10,17,23H,3,6-8,11-15H2,1H3/t20-/m1/s1. The van der Waals surface area contributed by atoms with Crippen molar-refractivity contribution in [1.29, 1.82) is 0 Å². The molecule has 5 nitrogen and oxygen atoms in total. The molecular formula is C20H28N2O3. The van der Waals surface area contributed by atoms with Gasteiger partial charge in [-0.1, -0.05) is 49.6 Å². The molecule has 0 aromatic heterocycles. The van der Waals surface area contributed by atoms with Crippen LogP contribution in [-0.2, 0) is 14.9 Å². The molecule has 3 rings (SSSR count). The summed E-state index contributed by atoms with van der Waals surface area (Å²) < 4.78 is 5.74. The first-order valence-electron chi connectivity index (χ1n) is 9.32. The molecule has 0 unspecified atom stereocenters. The van der Waals surface area contributed by atoms with Gasteiger partial charge in [0.05, 0.1) is 6.61 Å². The second kappa shape index (κ2) is 8.00. The van der Waals surface area contributed by atoms with Gasteiger partial charge in [-0.15, -0.1) is 0 Å². The summed E-state index contributed by atoms with van der Waals surface area (Å²) in [5.74, 6) is -0.281. The van der Waals surface area contributed by atoms with E-state index in [1.807, 2.05) is 42.3 Å². The predicted molar refractivity (Wildman–Crippen MR) is 97.4 cm³/mol. The zero-order valence-electron chi connectivity index (χ0n) is 15.0. The van der Waals surface area contributed by atoms with Crippen molar-refractivity contribution in [3.63, 3.8) is 0 Å². The van der Waals surface area contributed by atoms with E-state index in [1.165, 1.54) is 6.42 Å². The number of hydrogen-bond acceptors (Lipinski definition) is 5. The van der Waals surface area contributed by atoms with Crippen LogP contribution in [0.1, 0.15) is 44.1 Å². The molecule has 1 aliphatic heterocycles. The molecule has 1 atom stereocenters. The molecule has 0 radical (unpaired) electrons. The average Bonchev–Trinajstić information content (AvgIpc) is 2.66. The van der Waals surface area contributed by atoms with E-state index in [-0.39, 0.29) is 18.5 Å². The Balaban J connectivity index is 1.94. The van der Waals surface area contributed by atoms with E-state index >= 15 is 0 Å². The summed E-state index contributed by atoms with van der Waals surface area (Å²) in [5.41, 5.74) is -0.170. The minimum Gasteiger partial charge on any atom is -0.395 e. The molecule has 0 saturated heterocycles. The number of carbonyl (C=O) groups is 1. The normalized spacial score (nSPS) is 21.4. The Labute approximate surface area is 149 Å². The van der Waals surface area contributed by atoms with Gasteiger partial charge in [-0.3, -0.25) is 4.79 Å². The molecule has 5 heteroatoms. The molecular weight excluding hydrogens is 316 g/mol. The summed E-state index contributed by atoms with van der Waals surface area (Å²) in [7, 11) is 1.88. The molecule has 0 spiro atoms. The van der Waals surface area contributed by atoms with Gasteiger partial charge in [0.2, 0.25) is 0 Å². The van der Waals surface area contributed by atoms with E-state index in [2.05, 4.69) is 4.99 Å². The molecule has 1 N–H and O–H groups in total. The zero-order valence-corrected chi connectivity index (χ0v) is 15.0. The van der Waals surface area contributed by atoms with Crippen LogP contribution >= 0.6 is 0 Å². The van der Waals surface area contributed by atoms with Crippen LogP contribution in [0.3, 0.4) is 0 Å². The summed E-state index contributed by atoms with van der Waals surface area (Å²) in [5, 5.41) is 10.4. The highest BCUT2D eigenvalue weighted by Gasteiger charge is 2.49. The van der Waals surface area contributed by atoms with E-state index in [0.717, 1.165) is 44.2 Å². The SMILES string of the molecule is CN1CCCN=C1OC(=O)[C@](CO)(c1ccccc1)C1CCCCC1. The van der Waals surface area contributed by atoms with Gasteiger partial charge >= 0.3 is 5.97 Å². The number of aliphatic hydroxyl groups is 1. The van der Waals surface area contributed by atoms with Gasteiger partial charge in [-0.2, -0.15) is 0 Å². The van der Waals surface area contributed by atoms with Crippen LogP contribution in [-0.4, -0.2) is 48.7 Å². The summed E-state index contributed by atoms with van der Waals surface area (Å²) in [6.45, 7) is 1.26. The smallest absolute Gasteiger partial charge is 0.326 e. The van der Waals surface area contributed by atoms with Crippen molar-refractivity contribution >= 4 is 12.0 Å². The van der Waals surface area contributed by atoms with Crippen molar-refractivity contribution in [3.05, 3.63) is 35.9 Å². The maximum absolute atomic E-state index is 13.3. The van der Waals surface area contributed by atoms with Crippen LogP contribution in [0.5, 0.6) is 0 Å². The quantitative estimate of drug-likeness (QED) is 0.853. The highest BCUT2D eigenvalue weighted by molar-refractivity contribution is 5.94. The van der Waals surface area contributed by atoms with Crippen molar-refractivity contribution in [2.45, 2.75) is 43.9 Å². The molecule has 1 saturated carbocycles. The number of rotatable bonds is 4. The minimum atomic E-state index is -1.01. The summed E-state index contributed by atoms with van der Waals surface area (Å²) in [4.78, 5) is 19.5. The van der Waals surface area contributed by atoms with Crippen molar-refractivity contribution in [2.24, 2.45) is 10.9 Å². The first kappa shape index (κ1) is 17.9. The summed E-state index contributed by atoms with van der Waals surface area (Å²) in [6, 6.07) is 9.99. The summed E-state index contributed by atoms with van der Waals surface area (Å²) >= 11 is 0. The number of hydrogen-bond donors (Lipinski definition) is 1. The van der Waals surface area contributed by atoms with E-state index in [9.17, 15) is 9.90 Å². The first-order valence-corrected chi connectivity index (χ1v) is 9.32. The second-order valence-electron chi connectivity index (χ2n) is 7.16. The molecule has 25 heavy (non-hydrogen) atoms. The first-order chi connectivity index (χ1) is 12.2. The number of nitrogens with zero attached hydrogens (tertiary/aromatic N) is 2. The number of amidine groups is 1. The van der Waals surface area contributed by atoms with Crippen LogP contribution in [0, 0.1) is 5.92 Å². The van der Waals surface area contributed by atoms with Crippen molar-refractivity contribution in [2.75, 3.05) is 26.7 Å². The van der Waals surface area contributed by atoms with Crippen molar-refractivity contribution in [3.8, 4) is 0 Å². The van der Waals surface area contributed by atoms with Gasteiger partial charge in [0, 0.05) is 20.1 Å². The van der Waals surface area contributed by atoms with E-state index in [4.69, 9.17) is 4.74 Å². The molecule has 1 aromatic carbocycles. The van der Waals surface area contributed by atoms with Gasteiger partial charge in [-0.25, -0.2) is 4.99 Å². The lowest BCUT2D eigenvalue weighted by Crippen LogP contribution is -2.50. The van der Waals surface area contributed by atoms with Crippen LogP contribution in [0.15, 0.2) is 35.3 Å². The lowest BCUT2D eigenvalue weighted by atomic mass is 9.65. The third-order valence-electron chi connectivity index (χ3n) is 5.61. The van der Waals surface area contributed by atoms with Crippen LogP contribution in [0.4, 0.5) is 0 Å². The van der Waals surface area contributed by atoms with Crippen LogP contribution in [0.25, 0.3) is 0 Å². The molecule has 1 fully saturated rings. The van der Waals surface area contributed by atoms with Gasteiger partial charge in [0.1, 0.15) is 5.41 Å². The predicted octanol–water partition coefficient (Wildman–Crippen LogP) is 2.73. The monoisotopic (exact) mass is 344 g/mol. The Morgan fingerprint density at radius 2 is 1.96 bits per heavy atom. The highest BCUT2D eigenvalue weighted by atomic mass is 16.6. The third kappa shape index (κ3) is 3.56. The maximum Gasteiger partial charge on any atom is 0.326 e. The minimum absolute atomic E-state index is 0.0932. The topological polar surface area (TPSA) is 62.1 Å². The van der Waals surface area contributed by atoms with Crippen LogP contribution < -0.4 is 0 Å². The second-order valence-corrected chi connectivity index (χ2v) is 7.16. The Morgan fingerprint density at radius 1 is 1.24 bits per heavy atom. The molecule has 0 bridgehead atoms. The Hall–Kier alpha value is -1.88.